The summed E-state index contributed by atoms with van der Waals surface area (Å²) in [7, 11) is -2.17. The maximum absolute atomic E-state index is 11.6. The third-order valence-electron chi connectivity index (χ3n) is 5.13. The predicted molar refractivity (Wildman–Crippen MR) is 118 cm³/mol. The number of nitrogens with zero attached hydrogens (tertiary/aromatic N) is 3. The zero-order valence-corrected chi connectivity index (χ0v) is 17.9. The number of benzene rings is 2. The second kappa shape index (κ2) is 7.85. The number of allylic oxidation sites excluding steroid dienone is 1. The lowest BCUT2D eigenvalue weighted by Gasteiger charge is -2.43. The monoisotopic (exact) mass is 429 g/mol. The van der Waals surface area contributed by atoms with Crippen LogP contribution >= 0.6 is 11.8 Å². The highest BCUT2D eigenvalue weighted by atomic mass is 32.2. The molecule has 1 N–H and O–H groups in total. The van der Waals surface area contributed by atoms with Crippen LogP contribution in [-0.4, -0.2) is 49.1 Å². The fourth-order valence-electron chi connectivity index (χ4n) is 3.81. The standard InChI is InChI=1S/C21H23N3O3S2/c1-15-8-9-20-18(14-15)24(16-6-3-4-7-19(16)28-20)17(10-13-29(25,26)27)21-22-11-5-12-23(21)2/h3-9,11-12,14,17,21H,10,13H2,1-2H3,(H,25,26,27). The Kier molecular flexibility index (Phi) is 5.42. The van der Waals surface area contributed by atoms with E-state index in [4.69, 9.17) is 0 Å². The predicted octanol–water partition coefficient (Wildman–Crippen LogP) is 4.10. The minimum atomic E-state index is -4.10. The first-order valence-corrected chi connectivity index (χ1v) is 11.8. The van der Waals surface area contributed by atoms with Crippen molar-refractivity contribution in [2.75, 3.05) is 17.7 Å². The van der Waals surface area contributed by atoms with E-state index >= 15 is 0 Å². The summed E-state index contributed by atoms with van der Waals surface area (Å²) >= 11 is 1.71. The fourth-order valence-corrected chi connectivity index (χ4v) is 5.40. The third-order valence-corrected chi connectivity index (χ3v) is 7.01. The van der Waals surface area contributed by atoms with E-state index in [1.165, 1.54) is 0 Å². The van der Waals surface area contributed by atoms with Gasteiger partial charge in [-0.15, -0.1) is 0 Å². The number of para-hydroxylation sites is 1. The van der Waals surface area contributed by atoms with E-state index in [0.717, 1.165) is 26.7 Å². The van der Waals surface area contributed by atoms with Gasteiger partial charge in [0.25, 0.3) is 10.1 Å². The van der Waals surface area contributed by atoms with Gasteiger partial charge < -0.3 is 9.80 Å². The number of hydrogen-bond acceptors (Lipinski definition) is 6. The van der Waals surface area contributed by atoms with Crippen molar-refractivity contribution in [1.29, 1.82) is 0 Å². The molecule has 0 bridgehead atoms. The van der Waals surface area contributed by atoms with E-state index in [-0.39, 0.29) is 24.4 Å². The minimum absolute atomic E-state index is 0.241. The Morgan fingerprint density at radius 2 is 1.93 bits per heavy atom. The summed E-state index contributed by atoms with van der Waals surface area (Å²) < 4.78 is 32.6. The molecule has 0 saturated heterocycles. The molecule has 2 heterocycles. The SMILES string of the molecule is Cc1ccc2c(c1)N(C(CCS(=O)(=O)O)C1N=CC=CN1C)c1ccccc1S2. The highest BCUT2D eigenvalue weighted by molar-refractivity contribution is 7.99. The van der Waals surface area contributed by atoms with Gasteiger partial charge in [-0.2, -0.15) is 8.42 Å². The summed E-state index contributed by atoms with van der Waals surface area (Å²) in [6.45, 7) is 2.05. The molecule has 8 heteroatoms. The van der Waals surface area contributed by atoms with Crippen LogP contribution in [0.2, 0.25) is 0 Å². The number of rotatable bonds is 5. The van der Waals surface area contributed by atoms with E-state index in [9.17, 15) is 13.0 Å². The topological polar surface area (TPSA) is 73.2 Å². The zero-order valence-electron chi connectivity index (χ0n) is 16.3. The van der Waals surface area contributed by atoms with E-state index in [1.54, 1.807) is 18.0 Å². The van der Waals surface area contributed by atoms with Crippen LogP contribution in [0.3, 0.4) is 0 Å². The second-order valence-corrected chi connectivity index (χ2v) is 9.93. The van der Waals surface area contributed by atoms with Gasteiger partial charge in [-0.25, -0.2) is 0 Å². The molecule has 0 fully saturated rings. The van der Waals surface area contributed by atoms with Crippen LogP contribution in [0.1, 0.15) is 12.0 Å². The second-order valence-electron chi connectivity index (χ2n) is 7.27. The third kappa shape index (κ3) is 4.19. The van der Waals surface area contributed by atoms with Gasteiger partial charge >= 0.3 is 0 Å². The van der Waals surface area contributed by atoms with Gasteiger partial charge in [0.2, 0.25) is 0 Å². The fraction of sp³-hybridized carbons (Fsp3) is 0.286. The van der Waals surface area contributed by atoms with Crippen LogP contribution in [0.25, 0.3) is 0 Å². The van der Waals surface area contributed by atoms with Crippen molar-refractivity contribution in [1.82, 2.24) is 4.90 Å². The van der Waals surface area contributed by atoms with Gasteiger partial charge in [0.1, 0.15) is 6.17 Å². The molecule has 0 aromatic heterocycles. The van der Waals surface area contributed by atoms with E-state index in [2.05, 4.69) is 40.2 Å². The first kappa shape index (κ1) is 20.0. The molecule has 2 atom stereocenters. The van der Waals surface area contributed by atoms with Crippen LogP contribution in [0.4, 0.5) is 11.4 Å². The molecule has 152 valence electrons. The number of fused-ring (bicyclic) bond motifs is 2. The van der Waals surface area contributed by atoms with Crippen LogP contribution < -0.4 is 4.90 Å². The maximum atomic E-state index is 11.6. The van der Waals surface area contributed by atoms with Gasteiger partial charge in [-0.05, 0) is 49.2 Å². The average Bonchev–Trinajstić information content (AvgIpc) is 2.68. The Morgan fingerprint density at radius 3 is 2.69 bits per heavy atom. The molecule has 2 aromatic carbocycles. The average molecular weight is 430 g/mol. The van der Waals surface area contributed by atoms with Gasteiger partial charge in [0.15, 0.2) is 0 Å². The highest BCUT2D eigenvalue weighted by Gasteiger charge is 2.36. The van der Waals surface area contributed by atoms with Gasteiger partial charge in [-0.1, -0.05) is 30.0 Å². The lowest BCUT2D eigenvalue weighted by atomic mass is 10.0. The van der Waals surface area contributed by atoms with Crippen molar-refractivity contribution in [2.24, 2.45) is 4.99 Å². The van der Waals surface area contributed by atoms with E-state index < -0.39 is 10.1 Å². The summed E-state index contributed by atoms with van der Waals surface area (Å²) in [5, 5.41) is 0. The number of hydrogen-bond donors (Lipinski definition) is 1. The zero-order chi connectivity index (χ0) is 20.6. The molecule has 2 aromatic rings. The molecular formula is C21H23N3O3S2. The Labute approximate surface area is 175 Å². The van der Waals surface area contributed by atoms with Crippen LogP contribution in [0, 0.1) is 6.92 Å². The Hall–Kier alpha value is -2.29. The molecule has 0 spiro atoms. The molecule has 0 saturated carbocycles. The Morgan fingerprint density at radius 1 is 1.17 bits per heavy atom. The van der Waals surface area contributed by atoms with Crippen LogP contribution in [-0.2, 0) is 10.1 Å². The number of likely N-dealkylation sites (N-methyl/N-ethyl adjacent to an activating group) is 1. The number of aryl methyl sites for hydroxylation is 1. The van der Waals surface area contributed by atoms with Crippen molar-refractivity contribution >= 4 is 39.5 Å². The Bertz CT molecular complexity index is 1080. The lowest BCUT2D eigenvalue weighted by molar-refractivity contribution is 0.282. The molecule has 0 amide bonds. The lowest BCUT2D eigenvalue weighted by Crippen LogP contribution is -2.49. The van der Waals surface area contributed by atoms with Crippen LogP contribution in [0.15, 0.2) is 69.5 Å². The molecule has 2 aliphatic rings. The molecule has 0 aliphatic carbocycles. The number of anilines is 2. The summed E-state index contributed by atoms with van der Waals surface area (Å²) in [6, 6.07) is 14.1. The van der Waals surface area contributed by atoms with Crippen molar-refractivity contribution < 1.29 is 13.0 Å². The first-order chi connectivity index (χ1) is 13.8. The van der Waals surface area contributed by atoms with Gasteiger partial charge in [0.05, 0.1) is 23.2 Å². The van der Waals surface area contributed by atoms with Gasteiger partial charge in [0, 0.05) is 29.3 Å². The minimum Gasteiger partial charge on any atom is -0.357 e. The highest BCUT2D eigenvalue weighted by Crippen LogP contribution is 2.50. The Balaban J connectivity index is 1.86. The van der Waals surface area contributed by atoms with Crippen molar-refractivity contribution in [3.05, 3.63) is 60.3 Å². The quantitative estimate of drug-likeness (QED) is 0.722. The molecule has 2 aliphatic heterocycles. The van der Waals surface area contributed by atoms with Gasteiger partial charge in [-0.3, -0.25) is 9.55 Å². The van der Waals surface area contributed by atoms with Crippen molar-refractivity contribution in [3.63, 3.8) is 0 Å². The molecular weight excluding hydrogens is 406 g/mol. The summed E-state index contributed by atoms with van der Waals surface area (Å²) in [5.74, 6) is -0.325. The normalized spacial score (nSPS) is 19.1. The largest absolute Gasteiger partial charge is 0.357 e. The van der Waals surface area contributed by atoms with Crippen molar-refractivity contribution in [2.45, 2.75) is 35.3 Å². The van der Waals surface area contributed by atoms with E-state index in [0.29, 0.717) is 0 Å². The summed E-state index contributed by atoms with van der Waals surface area (Å²) in [6.07, 6.45) is 5.48. The van der Waals surface area contributed by atoms with Crippen LogP contribution in [0.5, 0.6) is 0 Å². The molecule has 4 rings (SSSR count). The van der Waals surface area contributed by atoms with Crippen molar-refractivity contribution in [3.8, 4) is 0 Å². The van der Waals surface area contributed by atoms with E-state index in [1.807, 2.05) is 43.3 Å². The summed E-state index contributed by atoms with van der Waals surface area (Å²) in [4.78, 5) is 11.0. The molecule has 29 heavy (non-hydrogen) atoms. The molecule has 0 radical (unpaired) electrons. The molecule has 6 nitrogen and oxygen atoms in total. The molecule has 2 unspecified atom stereocenters. The maximum Gasteiger partial charge on any atom is 0.264 e. The smallest absolute Gasteiger partial charge is 0.264 e. The first-order valence-electron chi connectivity index (χ1n) is 9.37. The summed E-state index contributed by atoms with van der Waals surface area (Å²) in [5.41, 5.74) is 3.18. The number of aliphatic imine (C=N–C) groups is 1.